The van der Waals surface area contributed by atoms with E-state index in [1.54, 1.807) is 33.0 Å². The number of hydrogen-bond donors (Lipinski definition) is 2. The Morgan fingerprint density at radius 1 is 0.623 bits per heavy atom. The Labute approximate surface area is 402 Å². The average molecular weight is 931 g/mol. The molecule has 1 aromatic heterocycles. The highest BCUT2D eigenvalue weighted by Crippen LogP contribution is 2.48. The van der Waals surface area contributed by atoms with Crippen LogP contribution in [-0.2, 0) is 25.4 Å². The highest BCUT2D eigenvalue weighted by molar-refractivity contribution is 5.52. The molecular formula is C57H58N2O10. The van der Waals surface area contributed by atoms with Crippen molar-refractivity contribution < 1.29 is 43.4 Å². The van der Waals surface area contributed by atoms with Crippen molar-refractivity contribution in [2.45, 2.75) is 61.9 Å². The molecule has 2 heterocycles. The maximum absolute atomic E-state index is 13.0. The van der Waals surface area contributed by atoms with Gasteiger partial charge in [-0.3, -0.25) is 4.79 Å². The van der Waals surface area contributed by atoms with Crippen molar-refractivity contribution in [2.75, 3.05) is 35.0 Å². The molecule has 0 amide bonds. The molecule has 69 heavy (non-hydrogen) atoms. The number of hydrogen-bond acceptors (Lipinski definition) is 11. The Hall–Kier alpha value is -7.22. The van der Waals surface area contributed by atoms with E-state index in [2.05, 4.69) is 4.98 Å². The van der Waals surface area contributed by atoms with Crippen LogP contribution in [-0.4, -0.2) is 73.1 Å². The number of rotatable bonds is 20. The fourth-order valence-corrected chi connectivity index (χ4v) is 9.07. The van der Waals surface area contributed by atoms with E-state index in [4.69, 9.17) is 33.2 Å². The van der Waals surface area contributed by atoms with E-state index < -0.39 is 41.3 Å². The van der Waals surface area contributed by atoms with Gasteiger partial charge >= 0.3 is 0 Å². The van der Waals surface area contributed by atoms with Crippen molar-refractivity contribution in [3.8, 4) is 23.0 Å². The van der Waals surface area contributed by atoms with E-state index in [9.17, 15) is 15.0 Å². The van der Waals surface area contributed by atoms with E-state index >= 15 is 0 Å². The molecule has 0 saturated carbocycles. The lowest BCUT2D eigenvalue weighted by molar-refractivity contribution is -0.131. The largest absolute Gasteiger partial charge is 0.512 e. The Kier molecular flexibility index (Phi) is 15.3. The minimum atomic E-state index is -1.42. The Balaban J connectivity index is 1.33. The zero-order valence-corrected chi connectivity index (χ0v) is 39.4. The topological polar surface area (TPSA) is 140 Å². The summed E-state index contributed by atoms with van der Waals surface area (Å²) in [5.74, 6) is 2.78. The van der Waals surface area contributed by atoms with Gasteiger partial charge in [-0.05, 0) is 88.3 Å². The minimum Gasteiger partial charge on any atom is -0.512 e. The average Bonchev–Trinajstić information content (AvgIpc) is 3.71. The second-order valence-electron chi connectivity index (χ2n) is 16.7. The van der Waals surface area contributed by atoms with Crippen LogP contribution in [0.4, 0.5) is 0 Å². The van der Waals surface area contributed by atoms with Crippen LogP contribution in [0.15, 0.2) is 181 Å². The summed E-state index contributed by atoms with van der Waals surface area (Å²) in [5.41, 5.74) is 1.46. The van der Waals surface area contributed by atoms with Gasteiger partial charge in [0.15, 0.2) is 6.23 Å². The van der Waals surface area contributed by atoms with Crippen LogP contribution in [0.1, 0.15) is 71.6 Å². The monoisotopic (exact) mass is 930 g/mol. The van der Waals surface area contributed by atoms with E-state index in [1.165, 1.54) is 18.3 Å². The molecule has 6 aromatic carbocycles. The number of methoxy groups -OCH3 is 4. The predicted octanol–water partition coefficient (Wildman–Crippen LogP) is 10.0. The van der Waals surface area contributed by atoms with Gasteiger partial charge in [0, 0.05) is 24.8 Å². The lowest BCUT2D eigenvalue weighted by Gasteiger charge is -2.41. The molecule has 1 aliphatic heterocycles. The summed E-state index contributed by atoms with van der Waals surface area (Å²) in [6.07, 6.45) is 0.155. The molecule has 0 aliphatic carbocycles. The highest BCUT2D eigenvalue weighted by atomic mass is 16.6. The molecule has 0 spiro atoms. The van der Waals surface area contributed by atoms with Crippen LogP contribution in [0.3, 0.4) is 0 Å². The zero-order chi connectivity index (χ0) is 48.4. The summed E-state index contributed by atoms with van der Waals surface area (Å²) in [6, 6.07) is 51.7. The first kappa shape index (κ1) is 48.2. The number of aromatic nitrogens is 2. The number of aliphatic hydroxyl groups excluding tert-OH is 2. The first-order chi connectivity index (χ1) is 33.7. The van der Waals surface area contributed by atoms with Gasteiger partial charge in [-0.15, -0.1) is 0 Å². The molecule has 8 rings (SSSR count). The van der Waals surface area contributed by atoms with Crippen molar-refractivity contribution in [1.29, 1.82) is 0 Å². The smallest absolute Gasteiger partial charge is 0.273 e. The van der Waals surface area contributed by atoms with Crippen molar-refractivity contribution in [2.24, 2.45) is 0 Å². The SMILES string of the molecule is CCCC/C(O)=C/c1nc(=O)ccn1[C@@H]1O[C@H](COC(c2ccccc2)(c2ccc(OC)cc2)c2ccc(OC)cc2)[C@@H](OC(c2ccccc2)(c2ccc(OC)cc2)c2ccc(OC)cc2)[C@@H]1O. The van der Waals surface area contributed by atoms with Crippen LogP contribution in [0.5, 0.6) is 23.0 Å². The molecule has 1 saturated heterocycles. The minimum absolute atomic E-state index is 0.0394. The van der Waals surface area contributed by atoms with Gasteiger partial charge in [0.2, 0.25) is 0 Å². The molecule has 0 unspecified atom stereocenters. The fraction of sp³-hybridized carbons (Fsp3) is 0.263. The first-order valence-electron chi connectivity index (χ1n) is 23.0. The second kappa shape index (κ2) is 21.8. The molecule has 356 valence electrons. The molecule has 2 N–H and O–H groups in total. The van der Waals surface area contributed by atoms with Gasteiger partial charge in [0.1, 0.15) is 58.3 Å². The van der Waals surface area contributed by atoms with Crippen LogP contribution in [0.2, 0.25) is 0 Å². The number of allylic oxidation sites excluding steroid dienone is 1. The van der Waals surface area contributed by atoms with Crippen molar-refractivity contribution in [3.05, 3.63) is 225 Å². The summed E-state index contributed by atoms with van der Waals surface area (Å²) in [5, 5.41) is 24.1. The summed E-state index contributed by atoms with van der Waals surface area (Å²) in [4.78, 5) is 17.2. The van der Waals surface area contributed by atoms with Crippen LogP contribution in [0, 0.1) is 0 Å². The van der Waals surface area contributed by atoms with E-state index in [-0.39, 0.29) is 18.2 Å². The van der Waals surface area contributed by atoms with Crippen molar-refractivity contribution >= 4 is 6.08 Å². The molecule has 7 aromatic rings. The molecule has 1 aliphatic rings. The van der Waals surface area contributed by atoms with E-state index in [0.29, 0.717) is 29.4 Å². The second-order valence-corrected chi connectivity index (χ2v) is 16.7. The van der Waals surface area contributed by atoms with Crippen LogP contribution >= 0.6 is 0 Å². The zero-order valence-electron chi connectivity index (χ0n) is 39.4. The molecule has 0 bridgehead atoms. The normalized spacial score (nSPS) is 17.3. The molecule has 4 atom stereocenters. The molecule has 1 fully saturated rings. The summed E-state index contributed by atoms with van der Waals surface area (Å²) < 4.78 is 46.2. The quantitative estimate of drug-likeness (QED) is 0.0558. The highest BCUT2D eigenvalue weighted by Gasteiger charge is 2.52. The molecular weight excluding hydrogens is 873 g/mol. The predicted molar refractivity (Wildman–Crippen MR) is 264 cm³/mol. The number of benzene rings is 6. The molecule has 12 heteroatoms. The number of ether oxygens (including phenoxy) is 7. The first-order valence-corrected chi connectivity index (χ1v) is 23.0. The molecule has 12 nitrogen and oxygen atoms in total. The summed E-state index contributed by atoms with van der Waals surface area (Å²) in [7, 11) is 6.47. The molecule has 0 radical (unpaired) electrons. The van der Waals surface area contributed by atoms with E-state index in [1.807, 2.05) is 165 Å². The maximum Gasteiger partial charge on any atom is 0.273 e. The van der Waals surface area contributed by atoms with Gasteiger partial charge in [-0.25, -0.2) is 0 Å². The lowest BCUT2D eigenvalue weighted by Crippen LogP contribution is -2.46. The van der Waals surface area contributed by atoms with Gasteiger partial charge in [0.25, 0.3) is 5.56 Å². The third kappa shape index (κ3) is 10.0. The number of unbranched alkanes of at least 4 members (excludes halogenated alkanes) is 1. The van der Waals surface area contributed by atoms with Crippen molar-refractivity contribution in [1.82, 2.24) is 9.55 Å². The van der Waals surface area contributed by atoms with Gasteiger partial charge in [0.05, 0.1) is 40.8 Å². The van der Waals surface area contributed by atoms with Gasteiger partial charge in [-0.1, -0.05) is 123 Å². The third-order valence-corrected chi connectivity index (χ3v) is 12.7. The van der Waals surface area contributed by atoms with Gasteiger partial charge < -0.3 is 47.9 Å². The Morgan fingerprint density at radius 3 is 1.48 bits per heavy atom. The third-order valence-electron chi connectivity index (χ3n) is 12.7. The Bertz CT molecular complexity index is 2720. The number of aliphatic hydroxyl groups is 2. The van der Waals surface area contributed by atoms with Crippen LogP contribution < -0.4 is 24.5 Å². The van der Waals surface area contributed by atoms with E-state index in [0.717, 1.165) is 46.2 Å². The summed E-state index contributed by atoms with van der Waals surface area (Å²) in [6.45, 7) is 1.89. The van der Waals surface area contributed by atoms with Crippen LogP contribution in [0.25, 0.3) is 6.08 Å². The Morgan fingerprint density at radius 2 is 1.04 bits per heavy atom. The lowest BCUT2D eigenvalue weighted by atomic mass is 9.79. The van der Waals surface area contributed by atoms with Crippen molar-refractivity contribution in [3.63, 3.8) is 0 Å². The standard InChI is InChI=1S/C57H58N2O10/c1-6-7-18-45(60)37-51-58-52(61)35-36-59(51)55-53(62)54(69-57(40-16-12-9-13-17-40,43-23-31-48(65-4)32-24-43)44-25-33-49(66-5)34-26-44)50(68-55)38-67-56(39-14-10-8-11-15-39,41-19-27-46(63-2)28-20-41)42-21-29-47(64-3)30-22-42/h8-17,19-37,50,53-55,60,62H,6-7,18,38H2,1-5H3/b45-37-/t50-,53+,54-,55-/m1/s1. The maximum atomic E-state index is 13.0. The number of nitrogens with zero attached hydrogens (tertiary/aromatic N) is 2. The fourth-order valence-electron chi connectivity index (χ4n) is 9.07. The van der Waals surface area contributed by atoms with Gasteiger partial charge in [-0.2, -0.15) is 4.98 Å². The summed E-state index contributed by atoms with van der Waals surface area (Å²) >= 11 is 0.